The Morgan fingerprint density at radius 2 is 2.26 bits per heavy atom. The number of H-pyrrole nitrogens is 1. The van der Waals surface area contributed by atoms with Gasteiger partial charge in [-0.3, -0.25) is 14.7 Å². The Balaban J connectivity index is 1.77. The van der Waals surface area contributed by atoms with Crippen molar-refractivity contribution in [1.29, 1.82) is 0 Å². The predicted molar refractivity (Wildman–Crippen MR) is 85.3 cm³/mol. The topological polar surface area (TPSA) is 83.9 Å². The monoisotopic (exact) mass is 315 g/mol. The minimum absolute atomic E-state index is 0.112. The van der Waals surface area contributed by atoms with E-state index >= 15 is 0 Å². The lowest BCUT2D eigenvalue weighted by molar-refractivity contribution is 0.0697. The first-order valence-corrected chi connectivity index (χ1v) is 8.05. The molecule has 1 amide bonds. The van der Waals surface area contributed by atoms with E-state index < -0.39 is 0 Å². The Hall–Kier alpha value is -2.44. The number of amides is 1. The van der Waals surface area contributed by atoms with Crippen molar-refractivity contribution in [2.24, 2.45) is 0 Å². The van der Waals surface area contributed by atoms with Crippen molar-refractivity contribution in [3.05, 3.63) is 46.1 Å². The Morgan fingerprint density at radius 1 is 1.39 bits per heavy atom. The summed E-state index contributed by atoms with van der Waals surface area (Å²) in [6, 6.07) is 4.90. The summed E-state index contributed by atoms with van der Waals surface area (Å²) in [5, 5.41) is 11.2. The Kier molecular flexibility index (Phi) is 4.55. The van der Waals surface area contributed by atoms with Crippen molar-refractivity contribution in [2.75, 3.05) is 13.1 Å². The van der Waals surface area contributed by atoms with Crippen molar-refractivity contribution in [3.63, 3.8) is 0 Å². The van der Waals surface area contributed by atoms with Crippen LogP contribution in [0.2, 0.25) is 0 Å². The number of nitrogens with one attached hydrogen (secondary N) is 1. The molecule has 1 aliphatic heterocycles. The lowest BCUT2D eigenvalue weighted by Crippen LogP contribution is -2.40. The summed E-state index contributed by atoms with van der Waals surface area (Å²) in [7, 11) is 0. The second kappa shape index (κ2) is 6.76. The van der Waals surface area contributed by atoms with Crippen molar-refractivity contribution in [3.8, 4) is 0 Å². The number of piperidine rings is 1. The molecular formula is C16H21N5O2. The number of rotatable bonds is 4. The number of aromatic nitrogens is 4. The van der Waals surface area contributed by atoms with Gasteiger partial charge in [0.15, 0.2) is 0 Å². The summed E-state index contributed by atoms with van der Waals surface area (Å²) in [4.78, 5) is 26.3. The number of aromatic amines is 1. The van der Waals surface area contributed by atoms with Crippen LogP contribution < -0.4 is 5.56 Å². The first-order valence-electron chi connectivity index (χ1n) is 8.05. The second-order valence-electron chi connectivity index (χ2n) is 5.88. The lowest BCUT2D eigenvalue weighted by Gasteiger charge is -2.32. The van der Waals surface area contributed by atoms with Gasteiger partial charge in [-0.25, -0.2) is 4.68 Å². The average Bonchev–Trinajstić information content (AvgIpc) is 3.11. The van der Waals surface area contributed by atoms with Gasteiger partial charge in [0.2, 0.25) is 0 Å². The lowest BCUT2D eigenvalue weighted by atomic mass is 9.95. The van der Waals surface area contributed by atoms with Gasteiger partial charge in [-0.15, -0.1) is 0 Å². The number of likely N-dealkylation sites (tertiary alicyclic amines) is 1. The van der Waals surface area contributed by atoms with Crippen LogP contribution in [0, 0.1) is 0 Å². The Labute approximate surface area is 134 Å². The van der Waals surface area contributed by atoms with E-state index in [9.17, 15) is 9.59 Å². The van der Waals surface area contributed by atoms with E-state index in [2.05, 4.69) is 15.3 Å². The van der Waals surface area contributed by atoms with Crippen LogP contribution in [0.1, 0.15) is 48.3 Å². The van der Waals surface area contributed by atoms with Gasteiger partial charge in [0.25, 0.3) is 11.5 Å². The molecule has 2 aromatic heterocycles. The molecule has 1 saturated heterocycles. The molecule has 3 rings (SSSR count). The number of aryl methyl sites for hydroxylation is 1. The van der Waals surface area contributed by atoms with Gasteiger partial charge in [0.1, 0.15) is 5.69 Å². The first kappa shape index (κ1) is 15.5. The molecule has 0 aromatic carbocycles. The molecule has 0 aliphatic carbocycles. The number of hydrogen-bond acceptors (Lipinski definition) is 4. The molecule has 7 heteroatoms. The van der Waals surface area contributed by atoms with E-state index in [-0.39, 0.29) is 17.4 Å². The highest BCUT2D eigenvalue weighted by molar-refractivity contribution is 5.92. The van der Waals surface area contributed by atoms with Crippen LogP contribution in [-0.2, 0) is 6.54 Å². The molecule has 2 aromatic rings. The van der Waals surface area contributed by atoms with Crippen LogP contribution in [0.4, 0.5) is 0 Å². The second-order valence-corrected chi connectivity index (χ2v) is 5.88. The molecule has 1 atom stereocenters. The van der Waals surface area contributed by atoms with Crippen molar-refractivity contribution >= 4 is 5.91 Å². The van der Waals surface area contributed by atoms with E-state index in [4.69, 9.17) is 0 Å². The van der Waals surface area contributed by atoms with E-state index in [0.717, 1.165) is 31.5 Å². The minimum atomic E-state index is -0.169. The van der Waals surface area contributed by atoms with Gasteiger partial charge in [-0.05, 0) is 31.4 Å². The molecule has 0 saturated carbocycles. The zero-order chi connectivity index (χ0) is 16.2. The van der Waals surface area contributed by atoms with Crippen molar-refractivity contribution < 1.29 is 4.79 Å². The maximum Gasteiger partial charge on any atom is 0.274 e. The van der Waals surface area contributed by atoms with Crippen molar-refractivity contribution in [2.45, 2.75) is 38.6 Å². The number of carbonyl (C=O) groups excluding carboxylic acids is 1. The van der Waals surface area contributed by atoms with Gasteiger partial charge < -0.3 is 4.90 Å². The summed E-state index contributed by atoms with van der Waals surface area (Å²) in [6.45, 7) is 3.87. The van der Waals surface area contributed by atoms with Crippen LogP contribution in [-0.4, -0.2) is 43.9 Å². The molecule has 1 aliphatic rings. The third-order valence-electron chi connectivity index (χ3n) is 4.19. The fourth-order valence-corrected chi connectivity index (χ4v) is 3.01. The molecule has 1 unspecified atom stereocenters. The molecular weight excluding hydrogens is 294 g/mol. The predicted octanol–water partition coefficient (Wildman–Crippen LogP) is 1.40. The first-order chi connectivity index (χ1) is 11.2. The quantitative estimate of drug-likeness (QED) is 0.924. The smallest absolute Gasteiger partial charge is 0.274 e. The van der Waals surface area contributed by atoms with Crippen LogP contribution in [0.5, 0.6) is 0 Å². The SMILES string of the molecule is CCCn1nc(C(=O)N2CCCC(c3ccn[nH]3)C2)ccc1=O. The fourth-order valence-electron chi connectivity index (χ4n) is 3.01. The summed E-state index contributed by atoms with van der Waals surface area (Å²) in [5.41, 5.74) is 1.23. The minimum Gasteiger partial charge on any atom is -0.337 e. The fraction of sp³-hybridized carbons (Fsp3) is 0.500. The molecule has 0 bridgehead atoms. The third kappa shape index (κ3) is 3.33. The standard InChI is InChI=1S/C16H21N5O2/c1-2-9-21-15(22)6-5-14(19-21)16(23)20-10-3-4-12(11-20)13-7-8-17-18-13/h5-8,12H,2-4,9-11H2,1H3,(H,17,18). The Morgan fingerprint density at radius 3 is 3.00 bits per heavy atom. The normalized spacial score (nSPS) is 18.1. The zero-order valence-electron chi connectivity index (χ0n) is 13.2. The van der Waals surface area contributed by atoms with Crippen LogP contribution in [0.3, 0.4) is 0 Å². The maximum atomic E-state index is 12.7. The third-order valence-corrected chi connectivity index (χ3v) is 4.19. The van der Waals surface area contributed by atoms with E-state index in [1.54, 1.807) is 6.20 Å². The maximum absolute atomic E-state index is 12.7. The molecule has 23 heavy (non-hydrogen) atoms. The highest BCUT2D eigenvalue weighted by atomic mass is 16.2. The summed E-state index contributed by atoms with van der Waals surface area (Å²) in [5.74, 6) is 0.163. The largest absolute Gasteiger partial charge is 0.337 e. The van der Waals surface area contributed by atoms with Gasteiger partial charge in [-0.2, -0.15) is 10.2 Å². The molecule has 122 valence electrons. The Bertz CT molecular complexity index is 722. The summed E-state index contributed by atoms with van der Waals surface area (Å²) in [6.07, 6.45) is 4.52. The van der Waals surface area contributed by atoms with E-state index in [0.29, 0.717) is 18.8 Å². The van der Waals surface area contributed by atoms with Gasteiger partial charge >= 0.3 is 0 Å². The highest BCUT2D eigenvalue weighted by Crippen LogP contribution is 2.25. The van der Waals surface area contributed by atoms with Gasteiger partial charge in [0, 0.05) is 43.5 Å². The van der Waals surface area contributed by atoms with Gasteiger partial charge in [-0.1, -0.05) is 6.92 Å². The number of nitrogens with zero attached hydrogens (tertiary/aromatic N) is 4. The van der Waals surface area contributed by atoms with Crippen LogP contribution in [0.15, 0.2) is 29.2 Å². The number of carbonyl (C=O) groups is 1. The van der Waals surface area contributed by atoms with Crippen LogP contribution >= 0.6 is 0 Å². The van der Waals surface area contributed by atoms with Gasteiger partial charge in [0.05, 0.1) is 0 Å². The molecule has 1 fully saturated rings. The van der Waals surface area contributed by atoms with Crippen molar-refractivity contribution in [1.82, 2.24) is 24.9 Å². The average molecular weight is 315 g/mol. The van der Waals surface area contributed by atoms with E-state index in [1.807, 2.05) is 17.9 Å². The molecule has 1 N–H and O–H groups in total. The number of hydrogen-bond donors (Lipinski definition) is 1. The van der Waals surface area contributed by atoms with Crippen LogP contribution in [0.25, 0.3) is 0 Å². The molecule has 7 nitrogen and oxygen atoms in total. The highest BCUT2D eigenvalue weighted by Gasteiger charge is 2.27. The van der Waals surface area contributed by atoms with E-state index in [1.165, 1.54) is 16.8 Å². The zero-order valence-corrected chi connectivity index (χ0v) is 13.2. The molecule has 3 heterocycles. The summed E-state index contributed by atoms with van der Waals surface area (Å²) < 4.78 is 1.36. The molecule has 0 radical (unpaired) electrons. The summed E-state index contributed by atoms with van der Waals surface area (Å²) >= 11 is 0. The molecule has 0 spiro atoms.